The summed E-state index contributed by atoms with van der Waals surface area (Å²) < 4.78 is 4.93. The van der Waals surface area contributed by atoms with Gasteiger partial charge in [0.25, 0.3) is 0 Å². The topological polar surface area (TPSA) is 58.4 Å². The predicted molar refractivity (Wildman–Crippen MR) is 77.6 cm³/mol. The molecule has 0 aliphatic heterocycles. The molecule has 1 N–H and O–H groups in total. The van der Waals surface area contributed by atoms with Gasteiger partial charge in [0.15, 0.2) is 5.82 Å². The number of amides is 2. The minimum atomic E-state index is -0.111. The Morgan fingerprint density at radius 1 is 1.63 bits per heavy atom. The molecule has 1 fully saturated rings. The molecule has 0 bridgehead atoms. The lowest BCUT2D eigenvalue weighted by Gasteiger charge is -2.24. The van der Waals surface area contributed by atoms with E-state index in [2.05, 4.69) is 17.4 Å². The fraction of sp³-hybridized carbons (Fsp3) is 0.692. The minimum absolute atomic E-state index is 0.111. The lowest BCUT2D eigenvalue weighted by molar-refractivity contribution is 0.204. The summed E-state index contributed by atoms with van der Waals surface area (Å²) in [4.78, 5) is 13.9. The first-order chi connectivity index (χ1) is 9.10. The zero-order chi connectivity index (χ0) is 13.8. The average molecular weight is 283 g/mol. The van der Waals surface area contributed by atoms with Gasteiger partial charge in [-0.2, -0.15) is 11.8 Å². The summed E-state index contributed by atoms with van der Waals surface area (Å²) in [6.07, 6.45) is 3.36. The standard InChI is InChI=1S/C13H21N3O2S/c1-4-19-11-6-5-10(8-11)16(3)13(17)14-12-7-9(2)18-15-12/h7,10-11H,4-6,8H2,1-3H3,(H,14,15,17)/t10-,11-/m0/s1. The van der Waals surface area contributed by atoms with Crippen molar-refractivity contribution in [2.24, 2.45) is 0 Å². The van der Waals surface area contributed by atoms with Crippen molar-refractivity contribution in [2.45, 2.75) is 44.4 Å². The van der Waals surface area contributed by atoms with E-state index in [0.717, 1.165) is 18.6 Å². The van der Waals surface area contributed by atoms with Gasteiger partial charge >= 0.3 is 6.03 Å². The number of thioether (sulfide) groups is 1. The molecule has 106 valence electrons. The highest BCUT2D eigenvalue weighted by molar-refractivity contribution is 7.99. The summed E-state index contributed by atoms with van der Waals surface area (Å²) >= 11 is 1.99. The number of hydrogen-bond acceptors (Lipinski definition) is 4. The Morgan fingerprint density at radius 2 is 2.42 bits per heavy atom. The van der Waals surface area contributed by atoms with Gasteiger partial charge in [-0.3, -0.25) is 5.32 Å². The molecule has 6 heteroatoms. The van der Waals surface area contributed by atoms with E-state index in [9.17, 15) is 4.79 Å². The smallest absolute Gasteiger partial charge is 0.323 e. The quantitative estimate of drug-likeness (QED) is 0.922. The van der Waals surface area contributed by atoms with Crippen LogP contribution in [0.4, 0.5) is 10.6 Å². The van der Waals surface area contributed by atoms with Gasteiger partial charge < -0.3 is 9.42 Å². The molecule has 0 aromatic carbocycles. The number of aromatic nitrogens is 1. The van der Waals surface area contributed by atoms with Crippen molar-refractivity contribution in [2.75, 3.05) is 18.1 Å². The highest BCUT2D eigenvalue weighted by atomic mass is 32.2. The van der Waals surface area contributed by atoms with Crippen LogP contribution in [0.2, 0.25) is 0 Å². The van der Waals surface area contributed by atoms with Gasteiger partial charge in [-0.05, 0) is 31.9 Å². The third-order valence-corrected chi connectivity index (χ3v) is 4.72. The van der Waals surface area contributed by atoms with Crippen LogP contribution in [0.25, 0.3) is 0 Å². The number of hydrogen-bond donors (Lipinski definition) is 1. The SMILES string of the molecule is CCS[C@H]1CC[C@H](N(C)C(=O)Nc2cc(C)on2)C1. The molecule has 1 aromatic heterocycles. The van der Waals surface area contributed by atoms with E-state index in [1.54, 1.807) is 17.9 Å². The van der Waals surface area contributed by atoms with Crippen LogP contribution in [0.3, 0.4) is 0 Å². The third kappa shape index (κ3) is 3.65. The zero-order valence-electron chi connectivity index (χ0n) is 11.7. The van der Waals surface area contributed by atoms with Crippen LogP contribution >= 0.6 is 11.8 Å². The van der Waals surface area contributed by atoms with Gasteiger partial charge in [0.1, 0.15) is 5.76 Å². The third-order valence-electron chi connectivity index (χ3n) is 3.49. The maximum absolute atomic E-state index is 12.1. The number of nitrogens with one attached hydrogen (secondary N) is 1. The van der Waals surface area contributed by atoms with Gasteiger partial charge in [0.2, 0.25) is 0 Å². The molecule has 2 amide bonds. The minimum Gasteiger partial charge on any atom is -0.360 e. The molecule has 0 unspecified atom stereocenters. The summed E-state index contributed by atoms with van der Waals surface area (Å²) in [6.45, 7) is 3.98. The molecule has 2 atom stereocenters. The van der Waals surface area contributed by atoms with Crippen LogP contribution in [0.15, 0.2) is 10.6 Å². The molecule has 5 nitrogen and oxygen atoms in total. The second-order valence-electron chi connectivity index (χ2n) is 4.91. The Balaban J connectivity index is 1.86. The second-order valence-corrected chi connectivity index (χ2v) is 6.49. The van der Waals surface area contributed by atoms with Gasteiger partial charge in [-0.25, -0.2) is 4.79 Å². The van der Waals surface area contributed by atoms with Crippen LogP contribution in [0, 0.1) is 6.92 Å². The van der Waals surface area contributed by atoms with Gasteiger partial charge in [0.05, 0.1) is 0 Å². The van der Waals surface area contributed by atoms with E-state index in [0.29, 0.717) is 22.9 Å². The first-order valence-electron chi connectivity index (χ1n) is 6.69. The molecule has 0 saturated heterocycles. The van der Waals surface area contributed by atoms with Gasteiger partial charge in [-0.15, -0.1) is 0 Å². The highest BCUT2D eigenvalue weighted by Gasteiger charge is 2.30. The Kier molecular flexibility index (Phi) is 4.74. The van der Waals surface area contributed by atoms with E-state index in [1.807, 2.05) is 18.8 Å². The Morgan fingerprint density at radius 3 is 3.05 bits per heavy atom. The summed E-state index contributed by atoms with van der Waals surface area (Å²) in [5, 5.41) is 7.23. The molecule has 0 spiro atoms. The summed E-state index contributed by atoms with van der Waals surface area (Å²) in [5.74, 6) is 2.32. The molecule has 1 aliphatic rings. The van der Waals surface area contributed by atoms with Crippen LogP contribution < -0.4 is 5.32 Å². The highest BCUT2D eigenvalue weighted by Crippen LogP contribution is 2.32. The van der Waals surface area contributed by atoms with Gasteiger partial charge in [0, 0.05) is 24.4 Å². The van der Waals surface area contributed by atoms with E-state index in [-0.39, 0.29) is 6.03 Å². The number of urea groups is 1. The number of carbonyl (C=O) groups is 1. The monoisotopic (exact) mass is 283 g/mol. The number of nitrogens with zero attached hydrogens (tertiary/aromatic N) is 2. The molecule has 1 saturated carbocycles. The van der Waals surface area contributed by atoms with Crippen LogP contribution in [-0.4, -0.2) is 40.2 Å². The number of carbonyl (C=O) groups excluding carboxylic acids is 1. The van der Waals surface area contributed by atoms with E-state index < -0.39 is 0 Å². The Labute approximate surface area is 118 Å². The van der Waals surface area contributed by atoms with Crippen LogP contribution in [0.1, 0.15) is 31.9 Å². The molecule has 1 aromatic rings. The normalized spacial score (nSPS) is 22.5. The largest absolute Gasteiger partial charge is 0.360 e. The van der Waals surface area contributed by atoms with Crippen molar-refractivity contribution < 1.29 is 9.32 Å². The van der Waals surface area contributed by atoms with E-state index in [1.165, 1.54) is 6.42 Å². The molecule has 0 radical (unpaired) electrons. The second kappa shape index (κ2) is 6.32. The summed E-state index contributed by atoms with van der Waals surface area (Å²) in [7, 11) is 1.85. The number of rotatable bonds is 4. The van der Waals surface area contributed by atoms with Crippen molar-refractivity contribution >= 4 is 23.6 Å². The lowest BCUT2D eigenvalue weighted by atomic mass is 10.2. The molecule has 2 rings (SSSR count). The van der Waals surface area contributed by atoms with Crippen LogP contribution in [-0.2, 0) is 0 Å². The van der Waals surface area contributed by atoms with E-state index >= 15 is 0 Å². The van der Waals surface area contributed by atoms with Crippen molar-refractivity contribution in [3.63, 3.8) is 0 Å². The van der Waals surface area contributed by atoms with Crippen molar-refractivity contribution in [1.82, 2.24) is 10.1 Å². The predicted octanol–water partition coefficient (Wildman–Crippen LogP) is 3.12. The van der Waals surface area contributed by atoms with Crippen LogP contribution in [0.5, 0.6) is 0 Å². The maximum Gasteiger partial charge on any atom is 0.323 e. The lowest BCUT2D eigenvalue weighted by Crippen LogP contribution is -2.38. The molecule has 1 aliphatic carbocycles. The van der Waals surface area contributed by atoms with Crippen molar-refractivity contribution in [3.8, 4) is 0 Å². The van der Waals surface area contributed by atoms with Crippen molar-refractivity contribution in [3.05, 3.63) is 11.8 Å². The Hall–Kier alpha value is -1.17. The summed E-state index contributed by atoms with van der Waals surface area (Å²) in [6, 6.07) is 1.94. The first kappa shape index (κ1) is 14.2. The Bertz CT molecular complexity index is 435. The van der Waals surface area contributed by atoms with E-state index in [4.69, 9.17) is 4.52 Å². The van der Waals surface area contributed by atoms with Crippen molar-refractivity contribution in [1.29, 1.82) is 0 Å². The molecular weight excluding hydrogens is 262 g/mol. The average Bonchev–Trinajstić information content (AvgIpc) is 2.98. The first-order valence-corrected chi connectivity index (χ1v) is 7.73. The zero-order valence-corrected chi connectivity index (χ0v) is 12.5. The maximum atomic E-state index is 12.1. The fourth-order valence-corrected chi connectivity index (χ4v) is 3.58. The summed E-state index contributed by atoms with van der Waals surface area (Å²) in [5.41, 5.74) is 0. The molecular formula is C13H21N3O2S. The number of anilines is 1. The van der Waals surface area contributed by atoms with Gasteiger partial charge in [-0.1, -0.05) is 12.1 Å². The molecule has 19 heavy (non-hydrogen) atoms. The fourth-order valence-electron chi connectivity index (χ4n) is 2.45. The number of aryl methyl sites for hydroxylation is 1. The molecule has 1 heterocycles.